The zero-order valence-corrected chi connectivity index (χ0v) is 14.3. The first-order valence-electron chi connectivity index (χ1n) is 8.75. The molecule has 2 aromatic rings. The van der Waals surface area contributed by atoms with Crippen molar-refractivity contribution in [2.75, 3.05) is 19.7 Å². The summed E-state index contributed by atoms with van der Waals surface area (Å²) in [5.41, 5.74) is 0. The van der Waals surface area contributed by atoms with Gasteiger partial charge in [0, 0.05) is 25.5 Å². The molecule has 1 saturated heterocycles. The highest BCUT2D eigenvalue weighted by atomic mass is 16.5. The van der Waals surface area contributed by atoms with Gasteiger partial charge in [0.15, 0.2) is 0 Å². The van der Waals surface area contributed by atoms with E-state index in [4.69, 9.17) is 4.74 Å². The van der Waals surface area contributed by atoms with Gasteiger partial charge in [0.05, 0.1) is 31.8 Å². The molecule has 25 heavy (non-hydrogen) atoms. The van der Waals surface area contributed by atoms with E-state index in [1.165, 1.54) is 0 Å². The fourth-order valence-corrected chi connectivity index (χ4v) is 3.48. The average Bonchev–Trinajstić information content (AvgIpc) is 3.24. The number of fused-ring (bicyclic) bond motifs is 1. The molecule has 9 heteroatoms. The fraction of sp³-hybridized carbons (Fsp3) is 0.625. The summed E-state index contributed by atoms with van der Waals surface area (Å²) >= 11 is 0. The number of hydrogen-bond acceptors (Lipinski definition) is 5. The zero-order valence-electron chi connectivity index (χ0n) is 14.3. The minimum Gasteiger partial charge on any atom is -0.373 e. The number of morpholine rings is 1. The third-order valence-electron chi connectivity index (χ3n) is 4.65. The smallest absolute Gasteiger partial charge is 0.318 e. The first-order valence-corrected chi connectivity index (χ1v) is 8.75. The topological polar surface area (TPSA) is 90.1 Å². The van der Waals surface area contributed by atoms with Gasteiger partial charge in [-0.05, 0) is 25.8 Å². The van der Waals surface area contributed by atoms with Crippen molar-refractivity contribution < 1.29 is 9.53 Å². The molecule has 0 aromatic carbocycles. The molecular formula is C16H23N7O2. The van der Waals surface area contributed by atoms with Crippen LogP contribution in [0.5, 0.6) is 0 Å². The Hall–Kier alpha value is -2.42. The van der Waals surface area contributed by atoms with Gasteiger partial charge in [0.25, 0.3) is 0 Å². The van der Waals surface area contributed by atoms with E-state index in [1.807, 2.05) is 33.5 Å². The second-order valence-corrected chi connectivity index (χ2v) is 6.55. The summed E-state index contributed by atoms with van der Waals surface area (Å²) in [6.45, 7) is 5.09. The molecule has 4 heterocycles. The van der Waals surface area contributed by atoms with Crippen LogP contribution in [0.1, 0.15) is 30.5 Å². The predicted molar refractivity (Wildman–Crippen MR) is 88.8 cm³/mol. The quantitative estimate of drug-likeness (QED) is 0.886. The molecule has 134 valence electrons. The van der Waals surface area contributed by atoms with Gasteiger partial charge in [-0.3, -0.25) is 4.68 Å². The van der Waals surface area contributed by atoms with Crippen LogP contribution in [0.25, 0.3) is 0 Å². The van der Waals surface area contributed by atoms with Crippen LogP contribution in [-0.2, 0) is 17.8 Å². The lowest BCUT2D eigenvalue weighted by atomic mass is 10.1. The Bertz CT molecular complexity index is 727. The molecule has 2 amide bonds. The standard InChI is InChI=1S/C16H23N7O2/c1-12-18-15-14(4-2-7-23(15)20-12)19-16(24)21-8-9-25-13(10-21)11-22-6-3-5-17-22/h3,5-6,13-14H,2,4,7-11H2,1H3,(H,19,24). The first-order chi connectivity index (χ1) is 12.2. The lowest BCUT2D eigenvalue weighted by Crippen LogP contribution is -2.51. The first kappa shape index (κ1) is 16.1. The number of aryl methyl sites for hydroxylation is 2. The van der Waals surface area contributed by atoms with E-state index >= 15 is 0 Å². The molecule has 0 aliphatic carbocycles. The number of carbonyl (C=O) groups excluding carboxylic acids is 1. The summed E-state index contributed by atoms with van der Waals surface area (Å²) < 4.78 is 9.51. The van der Waals surface area contributed by atoms with Gasteiger partial charge in [-0.15, -0.1) is 0 Å². The van der Waals surface area contributed by atoms with Gasteiger partial charge in [0.1, 0.15) is 11.6 Å². The van der Waals surface area contributed by atoms with Gasteiger partial charge < -0.3 is 15.0 Å². The molecule has 2 aliphatic heterocycles. The van der Waals surface area contributed by atoms with Crippen LogP contribution in [0, 0.1) is 6.92 Å². The van der Waals surface area contributed by atoms with E-state index in [9.17, 15) is 4.79 Å². The molecule has 0 radical (unpaired) electrons. The Morgan fingerprint density at radius 1 is 1.44 bits per heavy atom. The molecule has 1 N–H and O–H groups in total. The highest BCUT2D eigenvalue weighted by Crippen LogP contribution is 2.23. The van der Waals surface area contributed by atoms with Crippen LogP contribution < -0.4 is 5.32 Å². The lowest BCUT2D eigenvalue weighted by molar-refractivity contribution is -0.0241. The Morgan fingerprint density at radius 2 is 2.36 bits per heavy atom. The lowest BCUT2D eigenvalue weighted by Gasteiger charge is -2.34. The molecule has 2 aliphatic rings. The van der Waals surface area contributed by atoms with Crippen LogP contribution in [0.2, 0.25) is 0 Å². The number of hydrogen-bond donors (Lipinski definition) is 1. The normalized spacial score (nSPS) is 23.3. The van der Waals surface area contributed by atoms with Crippen molar-refractivity contribution in [3.63, 3.8) is 0 Å². The number of carbonyl (C=O) groups is 1. The molecule has 9 nitrogen and oxygen atoms in total. The Kier molecular flexibility index (Phi) is 4.39. The van der Waals surface area contributed by atoms with Crippen molar-refractivity contribution in [3.8, 4) is 0 Å². The van der Waals surface area contributed by atoms with Gasteiger partial charge in [-0.2, -0.15) is 10.2 Å². The fourth-order valence-electron chi connectivity index (χ4n) is 3.48. The maximum Gasteiger partial charge on any atom is 0.318 e. The summed E-state index contributed by atoms with van der Waals surface area (Å²) in [7, 11) is 0. The number of rotatable bonds is 3. The largest absolute Gasteiger partial charge is 0.373 e. The van der Waals surface area contributed by atoms with Crippen molar-refractivity contribution in [2.24, 2.45) is 0 Å². The number of amides is 2. The minimum absolute atomic E-state index is 0.0448. The molecule has 2 aromatic heterocycles. The maximum absolute atomic E-state index is 12.7. The maximum atomic E-state index is 12.7. The number of nitrogens with one attached hydrogen (secondary N) is 1. The monoisotopic (exact) mass is 345 g/mol. The van der Waals surface area contributed by atoms with E-state index in [1.54, 1.807) is 6.20 Å². The summed E-state index contributed by atoms with van der Waals surface area (Å²) in [5.74, 6) is 1.61. The molecule has 0 saturated carbocycles. The molecule has 2 unspecified atom stereocenters. The summed E-state index contributed by atoms with van der Waals surface area (Å²) in [6.07, 6.45) is 5.49. The van der Waals surface area contributed by atoms with Gasteiger partial charge >= 0.3 is 6.03 Å². The second-order valence-electron chi connectivity index (χ2n) is 6.55. The summed E-state index contributed by atoms with van der Waals surface area (Å²) in [6, 6.07) is 1.75. The van der Waals surface area contributed by atoms with Crippen LogP contribution >= 0.6 is 0 Å². The average molecular weight is 345 g/mol. The van der Waals surface area contributed by atoms with Crippen molar-refractivity contribution in [3.05, 3.63) is 30.1 Å². The Labute approximate surface area is 146 Å². The van der Waals surface area contributed by atoms with Gasteiger partial charge in [-0.1, -0.05) is 0 Å². The van der Waals surface area contributed by atoms with Gasteiger partial charge in [0.2, 0.25) is 0 Å². The number of ether oxygens (including phenoxy) is 1. The minimum atomic E-state index is -0.0742. The van der Waals surface area contributed by atoms with Crippen molar-refractivity contribution in [2.45, 2.75) is 45.0 Å². The Morgan fingerprint density at radius 3 is 3.20 bits per heavy atom. The molecular weight excluding hydrogens is 322 g/mol. The van der Waals surface area contributed by atoms with Crippen LogP contribution in [0.15, 0.2) is 18.5 Å². The molecule has 2 atom stereocenters. The highest BCUT2D eigenvalue weighted by molar-refractivity contribution is 5.74. The third kappa shape index (κ3) is 3.51. The Balaban J connectivity index is 1.38. The van der Waals surface area contributed by atoms with E-state index < -0.39 is 0 Å². The van der Waals surface area contributed by atoms with Crippen LogP contribution in [0.4, 0.5) is 4.79 Å². The van der Waals surface area contributed by atoms with Crippen LogP contribution in [0.3, 0.4) is 0 Å². The molecule has 4 rings (SSSR count). The van der Waals surface area contributed by atoms with E-state index in [0.29, 0.717) is 26.2 Å². The third-order valence-corrected chi connectivity index (χ3v) is 4.65. The molecule has 1 fully saturated rings. The van der Waals surface area contributed by atoms with Crippen molar-refractivity contribution in [1.82, 2.24) is 34.8 Å². The SMILES string of the molecule is Cc1nc2n(n1)CCCC2NC(=O)N1CCOC(Cn2cccn2)C1. The second kappa shape index (κ2) is 6.83. The van der Waals surface area contributed by atoms with Crippen LogP contribution in [-0.4, -0.2) is 61.3 Å². The highest BCUT2D eigenvalue weighted by Gasteiger charge is 2.29. The molecule has 0 spiro atoms. The number of nitrogens with zero attached hydrogens (tertiary/aromatic N) is 6. The zero-order chi connectivity index (χ0) is 17.2. The van der Waals surface area contributed by atoms with E-state index in [0.717, 1.165) is 31.0 Å². The van der Waals surface area contributed by atoms with E-state index in [-0.39, 0.29) is 18.2 Å². The van der Waals surface area contributed by atoms with Crippen molar-refractivity contribution in [1.29, 1.82) is 0 Å². The summed E-state index contributed by atoms with van der Waals surface area (Å²) in [5, 5.41) is 11.7. The molecule has 0 bridgehead atoms. The van der Waals surface area contributed by atoms with Gasteiger partial charge in [-0.25, -0.2) is 14.5 Å². The summed E-state index contributed by atoms with van der Waals surface area (Å²) in [4.78, 5) is 19.0. The number of aromatic nitrogens is 5. The number of urea groups is 1. The van der Waals surface area contributed by atoms with E-state index in [2.05, 4.69) is 20.5 Å². The predicted octanol–water partition coefficient (Wildman–Crippen LogP) is 0.729. The van der Waals surface area contributed by atoms with Crippen molar-refractivity contribution >= 4 is 6.03 Å².